The first-order chi connectivity index (χ1) is 23.0. The van der Waals surface area contributed by atoms with Crippen molar-refractivity contribution in [1.29, 1.82) is 0 Å². The Morgan fingerprint density at radius 3 is 2.06 bits per heavy atom. The van der Waals surface area contributed by atoms with Crippen LogP contribution in [0.1, 0.15) is 35.8 Å². The molecule has 242 valence electrons. The summed E-state index contributed by atoms with van der Waals surface area (Å²) in [4.78, 5) is 15.1. The fourth-order valence-electron chi connectivity index (χ4n) is 5.61. The number of ether oxygens (including phenoxy) is 6. The normalized spacial score (nSPS) is 15.5. The summed E-state index contributed by atoms with van der Waals surface area (Å²) in [5.41, 5.74) is 3.17. The first kappa shape index (κ1) is 32.2. The minimum Gasteiger partial charge on any atom is -0.474 e. The van der Waals surface area contributed by atoms with E-state index in [4.69, 9.17) is 51.6 Å². The van der Waals surface area contributed by atoms with E-state index in [9.17, 15) is 4.79 Å². The lowest BCUT2D eigenvalue weighted by Crippen LogP contribution is -2.42. The van der Waals surface area contributed by atoms with E-state index in [0.29, 0.717) is 39.3 Å². The summed E-state index contributed by atoms with van der Waals surface area (Å²) in [5, 5.41) is 1.17. The Morgan fingerprint density at radius 1 is 0.787 bits per heavy atom. The standard InChI is InChI=1S/C37H33Cl2NO7/c1-2-44-37(41)36(25-10-4-3-5-11-25)47-28-18-16-27(17-19-28)40(35(34-22-43-24-46-34)29-13-7-9-15-31(29)39)32(33-21-42-23-45-33)20-26-12-6-8-14-30(26)38/h3-19,21-22,32,35-36H,2,20,23-24H2,1H3. The second-order valence-corrected chi connectivity index (χ2v) is 11.5. The molecule has 0 aromatic heterocycles. The van der Waals surface area contributed by atoms with Crippen LogP contribution in [0.25, 0.3) is 0 Å². The highest BCUT2D eigenvalue weighted by Gasteiger charge is 2.38. The van der Waals surface area contributed by atoms with Gasteiger partial charge in [-0.1, -0.05) is 89.9 Å². The summed E-state index contributed by atoms with van der Waals surface area (Å²) in [6, 6.07) is 31.0. The van der Waals surface area contributed by atoms with Crippen molar-refractivity contribution in [1.82, 2.24) is 0 Å². The maximum Gasteiger partial charge on any atom is 0.352 e. The lowest BCUT2D eigenvalue weighted by Gasteiger charge is -2.40. The highest BCUT2D eigenvalue weighted by molar-refractivity contribution is 6.31. The molecule has 0 saturated carbocycles. The molecule has 0 amide bonds. The molecule has 4 aromatic carbocycles. The van der Waals surface area contributed by atoms with Gasteiger partial charge in [0.2, 0.25) is 19.7 Å². The van der Waals surface area contributed by atoms with Gasteiger partial charge in [0.05, 0.1) is 12.6 Å². The largest absolute Gasteiger partial charge is 0.474 e. The molecule has 0 aliphatic carbocycles. The molecule has 0 bridgehead atoms. The Labute approximate surface area is 283 Å². The maximum absolute atomic E-state index is 12.9. The van der Waals surface area contributed by atoms with Gasteiger partial charge in [-0.3, -0.25) is 0 Å². The Hall–Kier alpha value is -4.79. The molecular weight excluding hydrogens is 641 g/mol. The van der Waals surface area contributed by atoms with Crippen molar-refractivity contribution < 1.29 is 33.2 Å². The minimum absolute atomic E-state index is 0.0725. The van der Waals surface area contributed by atoms with E-state index in [1.807, 2.05) is 103 Å². The summed E-state index contributed by atoms with van der Waals surface area (Å²) in [5.74, 6) is 1.17. The number of nitrogens with zero attached hydrogens (tertiary/aromatic N) is 1. The van der Waals surface area contributed by atoms with Gasteiger partial charge in [0, 0.05) is 33.3 Å². The molecule has 0 fully saturated rings. The average Bonchev–Trinajstić information content (AvgIpc) is 3.83. The zero-order chi connectivity index (χ0) is 32.6. The van der Waals surface area contributed by atoms with Crippen molar-refractivity contribution in [2.24, 2.45) is 0 Å². The Morgan fingerprint density at radius 2 is 1.43 bits per heavy atom. The van der Waals surface area contributed by atoms with E-state index in [2.05, 4.69) is 4.90 Å². The van der Waals surface area contributed by atoms with Crippen LogP contribution in [0, 0.1) is 0 Å². The van der Waals surface area contributed by atoms with Crippen LogP contribution in [-0.2, 0) is 34.9 Å². The SMILES string of the molecule is CCOC(=O)C(Oc1ccc(N(C(Cc2ccccc2Cl)C2=COCO2)C(C2=COCO2)c2ccccc2Cl)cc1)c1ccccc1. The van der Waals surface area contributed by atoms with Crippen LogP contribution in [-0.4, -0.2) is 32.2 Å². The van der Waals surface area contributed by atoms with Crippen molar-refractivity contribution in [3.8, 4) is 5.75 Å². The van der Waals surface area contributed by atoms with Gasteiger partial charge in [-0.05, 0) is 48.9 Å². The topological polar surface area (TPSA) is 75.7 Å². The number of carbonyl (C=O) groups excluding carboxylic acids is 1. The molecule has 47 heavy (non-hydrogen) atoms. The van der Waals surface area contributed by atoms with E-state index < -0.39 is 24.2 Å². The molecule has 3 unspecified atom stereocenters. The number of hydrogen-bond acceptors (Lipinski definition) is 8. The van der Waals surface area contributed by atoms with Gasteiger partial charge in [-0.25, -0.2) is 4.79 Å². The van der Waals surface area contributed by atoms with Gasteiger partial charge in [0.1, 0.15) is 24.3 Å². The van der Waals surface area contributed by atoms with Gasteiger partial charge in [0.25, 0.3) is 0 Å². The van der Waals surface area contributed by atoms with Crippen LogP contribution in [0.5, 0.6) is 5.75 Å². The first-order valence-electron chi connectivity index (χ1n) is 15.2. The zero-order valence-corrected chi connectivity index (χ0v) is 27.1. The number of benzene rings is 4. The predicted octanol–water partition coefficient (Wildman–Crippen LogP) is 8.53. The summed E-state index contributed by atoms with van der Waals surface area (Å²) in [7, 11) is 0. The number of carbonyl (C=O) groups is 1. The fraction of sp³-hybridized carbons (Fsp3) is 0.216. The molecule has 2 aliphatic heterocycles. The van der Waals surface area contributed by atoms with Crippen molar-refractivity contribution in [2.45, 2.75) is 31.5 Å². The molecule has 2 heterocycles. The van der Waals surface area contributed by atoms with Crippen LogP contribution in [0.2, 0.25) is 10.0 Å². The highest BCUT2D eigenvalue weighted by Crippen LogP contribution is 2.43. The van der Waals surface area contributed by atoms with Crippen LogP contribution >= 0.6 is 23.2 Å². The van der Waals surface area contributed by atoms with Gasteiger partial charge in [-0.15, -0.1) is 0 Å². The molecular formula is C37H33Cl2NO7. The van der Waals surface area contributed by atoms with Gasteiger partial charge < -0.3 is 33.3 Å². The molecule has 0 spiro atoms. The third-order valence-electron chi connectivity index (χ3n) is 7.76. The monoisotopic (exact) mass is 673 g/mol. The number of esters is 1. The van der Waals surface area contributed by atoms with Crippen LogP contribution in [0.15, 0.2) is 127 Å². The van der Waals surface area contributed by atoms with Gasteiger partial charge >= 0.3 is 5.97 Å². The zero-order valence-electron chi connectivity index (χ0n) is 25.6. The second kappa shape index (κ2) is 15.2. The maximum atomic E-state index is 12.9. The van der Waals surface area contributed by atoms with Crippen molar-refractivity contribution in [3.05, 3.63) is 154 Å². The Bertz CT molecular complexity index is 1730. The number of halogens is 2. The molecule has 2 aliphatic rings. The van der Waals surface area contributed by atoms with E-state index in [-0.39, 0.29) is 20.2 Å². The van der Waals surface area contributed by atoms with E-state index in [1.54, 1.807) is 19.4 Å². The lowest BCUT2D eigenvalue weighted by atomic mass is 9.95. The molecule has 0 radical (unpaired) electrons. The van der Waals surface area contributed by atoms with Gasteiger partial charge in [-0.2, -0.15) is 0 Å². The van der Waals surface area contributed by atoms with Crippen molar-refractivity contribution in [3.63, 3.8) is 0 Å². The lowest BCUT2D eigenvalue weighted by molar-refractivity contribution is -0.151. The molecule has 0 N–H and O–H groups in total. The molecule has 0 saturated heterocycles. The van der Waals surface area contributed by atoms with E-state index in [0.717, 1.165) is 16.8 Å². The van der Waals surface area contributed by atoms with E-state index >= 15 is 0 Å². The third kappa shape index (κ3) is 7.45. The summed E-state index contributed by atoms with van der Waals surface area (Å²) < 4.78 is 34.8. The predicted molar refractivity (Wildman–Crippen MR) is 179 cm³/mol. The number of rotatable bonds is 13. The molecule has 4 aromatic rings. The summed E-state index contributed by atoms with van der Waals surface area (Å²) >= 11 is 13.6. The average molecular weight is 675 g/mol. The van der Waals surface area contributed by atoms with E-state index in [1.165, 1.54) is 0 Å². The molecule has 10 heteroatoms. The smallest absolute Gasteiger partial charge is 0.352 e. The number of anilines is 1. The second-order valence-electron chi connectivity index (χ2n) is 10.7. The summed E-state index contributed by atoms with van der Waals surface area (Å²) in [6.45, 7) is 2.16. The minimum atomic E-state index is -0.940. The Kier molecular flexibility index (Phi) is 10.4. The van der Waals surface area contributed by atoms with Crippen LogP contribution in [0.4, 0.5) is 5.69 Å². The molecule has 6 rings (SSSR count). The molecule has 8 nitrogen and oxygen atoms in total. The van der Waals surface area contributed by atoms with Gasteiger partial charge in [0.15, 0.2) is 11.5 Å². The van der Waals surface area contributed by atoms with Crippen LogP contribution < -0.4 is 9.64 Å². The third-order valence-corrected chi connectivity index (χ3v) is 8.47. The Balaban J connectivity index is 1.45. The fourth-order valence-corrected chi connectivity index (χ4v) is 6.06. The first-order valence-corrected chi connectivity index (χ1v) is 15.9. The van der Waals surface area contributed by atoms with Crippen molar-refractivity contribution in [2.75, 3.05) is 25.1 Å². The van der Waals surface area contributed by atoms with Crippen LogP contribution in [0.3, 0.4) is 0 Å². The quantitative estimate of drug-likeness (QED) is 0.131. The van der Waals surface area contributed by atoms with Crippen molar-refractivity contribution >= 4 is 34.9 Å². The highest BCUT2D eigenvalue weighted by atomic mass is 35.5. The number of hydrogen-bond donors (Lipinski definition) is 0. The molecule has 3 atom stereocenters. The summed E-state index contributed by atoms with van der Waals surface area (Å²) in [6.07, 6.45) is 2.75.